The number of nitriles is 1. The Bertz CT molecular complexity index is 2010. The normalized spacial score (nSPS) is 26.0. The van der Waals surface area contributed by atoms with Crippen LogP contribution in [0.5, 0.6) is 6.01 Å². The van der Waals surface area contributed by atoms with Crippen LogP contribution in [0.15, 0.2) is 30.5 Å². The fourth-order valence-corrected chi connectivity index (χ4v) is 7.64. The summed E-state index contributed by atoms with van der Waals surface area (Å²) >= 11 is 0. The number of aliphatic hydroxyl groups is 2. The molecule has 2 aromatic heterocycles. The third-order valence-corrected chi connectivity index (χ3v) is 9.93. The van der Waals surface area contributed by atoms with E-state index >= 15 is 4.39 Å². The van der Waals surface area contributed by atoms with Gasteiger partial charge in [0, 0.05) is 53.8 Å². The molecule has 0 amide bonds. The lowest BCUT2D eigenvalue weighted by molar-refractivity contribution is -0.183. The molecule has 1 aliphatic carbocycles. The summed E-state index contributed by atoms with van der Waals surface area (Å²) in [5, 5.41) is 29.0. The molecule has 6 atom stereocenters. The van der Waals surface area contributed by atoms with Gasteiger partial charge in [0.25, 0.3) is 0 Å². The van der Waals surface area contributed by atoms with E-state index < -0.39 is 48.4 Å². The van der Waals surface area contributed by atoms with Gasteiger partial charge in [0.15, 0.2) is 5.82 Å². The van der Waals surface area contributed by atoms with Crippen molar-refractivity contribution in [2.75, 3.05) is 30.3 Å². The molecule has 254 valence electrons. The summed E-state index contributed by atoms with van der Waals surface area (Å²) in [6, 6.07) is 7.26. The van der Waals surface area contributed by atoms with Crippen LogP contribution in [-0.4, -0.2) is 80.6 Å². The van der Waals surface area contributed by atoms with Crippen LogP contribution in [0.25, 0.3) is 32.9 Å². The first-order valence-electron chi connectivity index (χ1n) is 16.1. The summed E-state index contributed by atoms with van der Waals surface area (Å²) in [5.41, 5.74) is 5.76. The zero-order valence-corrected chi connectivity index (χ0v) is 26.2. The number of pyridine rings is 1. The summed E-state index contributed by atoms with van der Waals surface area (Å²) in [4.78, 5) is 16.5. The number of hydrogen-bond acceptors (Lipinski definition) is 10. The number of fused-ring (bicyclic) bond motifs is 4. The number of hydrogen-bond donors (Lipinski definition) is 3. The molecule has 0 spiro atoms. The molecule has 49 heavy (non-hydrogen) atoms. The largest absolute Gasteiger partial charge is 0.408 e. The van der Waals surface area contributed by atoms with Gasteiger partial charge in [-0.1, -0.05) is 12.0 Å². The van der Waals surface area contributed by atoms with Crippen LogP contribution in [0.3, 0.4) is 0 Å². The molecule has 4 N–H and O–H groups in total. The lowest BCUT2D eigenvalue weighted by atomic mass is 9.95. The van der Waals surface area contributed by atoms with Crippen LogP contribution in [0.1, 0.15) is 37.7 Å². The standard InChI is InChI=1S/C28H21F3N6O3.C7H12FN/c1-2-15-19(29)4-3-13-8-14(33)9-16(20(13)15)23-22(31)24-18(11-34-23)26(36-27(35-24)40-28(38)39)37-6-5-12(10-32)7-17-21(30)25(17)37;8-6-4-7-2-1-3-9(7)5-6/h1,3-4,8-9,11-12,17,21,25,28,38-39H,5-7,33H2;6-7H,1-5H2/t12-,17+,21-,25+;/m0./s1. The number of nitrogen functional groups attached to an aromatic ring is 1. The Hall–Kier alpha value is -4.76. The third-order valence-electron chi connectivity index (χ3n) is 9.93. The van der Waals surface area contributed by atoms with Crippen LogP contribution in [0.4, 0.5) is 29.1 Å². The third kappa shape index (κ3) is 6.05. The van der Waals surface area contributed by atoms with Crippen LogP contribution < -0.4 is 15.4 Å². The highest BCUT2D eigenvalue weighted by Gasteiger charge is 2.57. The number of aromatic nitrogens is 3. The van der Waals surface area contributed by atoms with Crippen LogP contribution >= 0.6 is 0 Å². The number of nitrogens with zero attached hydrogens (tertiary/aromatic N) is 6. The molecular formula is C35H33F4N7O3. The smallest absolute Gasteiger partial charge is 0.323 e. The highest BCUT2D eigenvalue weighted by atomic mass is 19.1. The summed E-state index contributed by atoms with van der Waals surface area (Å²) in [7, 11) is 0. The number of halogens is 4. The van der Waals surface area contributed by atoms with Gasteiger partial charge in [-0.05, 0) is 62.2 Å². The fourth-order valence-electron chi connectivity index (χ4n) is 7.64. The number of aliphatic hydroxyl groups excluding tert-OH is 1. The lowest BCUT2D eigenvalue weighted by Gasteiger charge is -2.25. The second-order valence-electron chi connectivity index (χ2n) is 13.0. The molecule has 1 saturated carbocycles. The topological polar surface area (TPSA) is 145 Å². The molecule has 3 aliphatic heterocycles. The van der Waals surface area contributed by atoms with E-state index in [1.165, 1.54) is 37.2 Å². The monoisotopic (exact) mass is 675 g/mol. The molecule has 5 heterocycles. The summed E-state index contributed by atoms with van der Waals surface area (Å²) in [6.07, 6.45) is 9.27. The Morgan fingerprint density at radius 2 is 1.92 bits per heavy atom. The van der Waals surface area contributed by atoms with E-state index in [-0.39, 0.29) is 57.1 Å². The van der Waals surface area contributed by atoms with E-state index in [4.69, 9.17) is 16.9 Å². The van der Waals surface area contributed by atoms with Crippen molar-refractivity contribution in [2.45, 2.75) is 63.0 Å². The van der Waals surface area contributed by atoms with Crippen molar-refractivity contribution in [1.82, 2.24) is 19.9 Å². The van der Waals surface area contributed by atoms with E-state index in [0.29, 0.717) is 30.8 Å². The van der Waals surface area contributed by atoms with E-state index in [0.717, 1.165) is 13.0 Å². The van der Waals surface area contributed by atoms with Gasteiger partial charge in [0.1, 0.15) is 35.2 Å². The minimum absolute atomic E-state index is 0.0696. The van der Waals surface area contributed by atoms with Gasteiger partial charge in [0.05, 0.1) is 23.1 Å². The summed E-state index contributed by atoms with van der Waals surface area (Å²) < 4.78 is 63.3. The maximum Gasteiger partial charge on any atom is 0.323 e. The number of rotatable bonds is 4. The number of alkyl halides is 2. The highest BCUT2D eigenvalue weighted by Crippen LogP contribution is 2.49. The predicted molar refractivity (Wildman–Crippen MR) is 173 cm³/mol. The van der Waals surface area contributed by atoms with Crippen molar-refractivity contribution in [3.8, 4) is 35.7 Å². The van der Waals surface area contributed by atoms with Crippen molar-refractivity contribution in [3.63, 3.8) is 0 Å². The highest BCUT2D eigenvalue weighted by molar-refractivity contribution is 6.03. The molecule has 4 fully saturated rings. The fraction of sp³-hybridized carbons (Fsp3) is 0.429. The summed E-state index contributed by atoms with van der Waals surface area (Å²) in [6.45, 7) is -0.222. The van der Waals surface area contributed by atoms with Crippen LogP contribution in [0.2, 0.25) is 0 Å². The molecule has 2 aromatic carbocycles. The number of terminal acetylenes is 1. The maximum absolute atomic E-state index is 16.3. The SMILES string of the molecule is C#Cc1c(F)ccc2cc(N)cc(-c3ncc4c(N5CC[C@H](C#N)C[C@@H]6[C@H](F)[C@@H]65)nc(OC(O)O)nc4c3F)c12.FC1CC2CCCN2C1. The van der Waals surface area contributed by atoms with Gasteiger partial charge in [0.2, 0.25) is 0 Å². The van der Waals surface area contributed by atoms with Gasteiger partial charge in [-0.15, -0.1) is 6.42 Å². The molecule has 14 heteroatoms. The van der Waals surface area contributed by atoms with Crippen LogP contribution in [0, 0.1) is 47.1 Å². The van der Waals surface area contributed by atoms with Gasteiger partial charge in [-0.2, -0.15) is 15.2 Å². The lowest BCUT2D eigenvalue weighted by Crippen LogP contribution is -2.30. The molecule has 10 nitrogen and oxygen atoms in total. The number of ether oxygens (including phenoxy) is 1. The quantitative estimate of drug-likeness (QED) is 0.122. The Balaban J connectivity index is 0.000000361. The molecule has 2 unspecified atom stereocenters. The molecule has 4 aromatic rings. The zero-order valence-electron chi connectivity index (χ0n) is 26.2. The van der Waals surface area contributed by atoms with Gasteiger partial charge < -0.3 is 25.6 Å². The second kappa shape index (κ2) is 12.9. The molecule has 0 radical (unpaired) electrons. The minimum atomic E-state index is -2.32. The average Bonchev–Trinajstić information content (AvgIpc) is 3.32. The van der Waals surface area contributed by atoms with Crippen molar-refractivity contribution in [1.29, 1.82) is 5.26 Å². The minimum Gasteiger partial charge on any atom is -0.408 e. The first kappa shape index (κ1) is 32.8. The number of nitrogens with two attached hydrogens (primary N) is 1. The molecule has 8 rings (SSSR count). The second-order valence-corrected chi connectivity index (χ2v) is 13.0. The molecule has 3 saturated heterocycles. The van der Waals surface area contributed by atoms with E-state index in [1.807, 2.05) is 0 Å². The Morgan fingerprint density at radius 1 is 1.10 bits per heavy atom. The van der Waals surface area contributed by atoms with E-state index in [1.54, 1.807) is 11.0 Å². The predicted octanol–water partition coefficient (Wildman–Crippen LogP) is 4.60. The van der Waals surface area contributed by atoms with Gasteiger partial charge in [-0.3, -0.25) is 9.88 Å². The first-order valence-corrected chi connectivity index (χ1v) is 16.1. The number of anilines is 2. The van der Waals surface area contributed by atoms with E-state index in [9.17, 15) is 28.6 Å². The van der Waals surface area contributed by atoms with Crippen molar-refractivity contribution < 1.29 is 32.5 Å². The Kier molecular flexibility index (Phi) is 8.65. The van der Waals surface area contributed by atoms with Crippen molar-refractivity contribution >= 4 is 33.2 Å². The molecule has 4 aliphatic rings. The Labute approximate surface area is 279 Å². The average molecular weight is 676 g/mol. The molecular weight excluding hydrogens is 642 g/mol. The van der Waals surface area contributed by atoms with Crippen molar-refractivity contribution in [3.05, 3.63) is 47.7 Å². The maximum atomic E-state index is 16.3. The van der Waals surface area contributed by atoms with Gasteiger partial charge >= 0.3 is 12.5 Å². The molecule has 0 bridgehead atoms. The Morgan fingerprint density at radius 3 is 2.65 bits per heavy atom. The summed E-state index contributed by atoms with van der Waals surface area (Å²) in [5.74, 6) is -0.0390. The van der Waals surface area contributed by atoms with Crippen molar-refractivity contribution in [2.24, 2.45) is 11.8 Å². The zero-order chi connectivity index (χ0) is 34.6. The van der Waals surface area contributed by atoms with Gasteiger partial charge in [-0.25, -0.2) is 17.6 Å². The van der Waals surface area contributed by atoms with Crippen LogP contribution in [-0.2, 0) is 0 Å². The number of benzene rings is 2. The van der Waals surface area contributed by atoms with E-state index in [2.05, 4.69) is 31.8 Å². The first-order chi connectivity index (χ1) is 23.6.